The largest absolute Gasteiger partial charge is 0.404 e. The summed E-state index contributed by atoms with van der Waals surface area (Å²) in [6, 6.07) is 0. The first kappa shape index (κ1) is 10.1. The molecule has 1 rings (SSSR count). The quantitative estimate of drug-likeness (QED) is 0.634. The SMILES string of the molecule is NCCCn1cc(Br)c([N+](=O)[O-])n1. The van der Waals surface area contributed by atoms with Gasteiger partial charge in [0.15, 0.2) is 0 Å². The highest BCUT2D eigenvalue weighted by atomic mass is 79.9. The second-order valence-corrected chi connectivity index (χ2v) is 3.32. The lowest BCUT2D eigenvalue weighted by molar-refractivity contribution is -0.390. The highest BCUT2D eigenvalue weighted by Gasteiger charge is 2.17. The number of nitro groups is 1. The van der Waals surface area contributed by atoms with E-state index >= 15 is 0 Å². The molecule has 0 radical (unpaired) electrons. The molecule has 7 heteroatoms. The van der Waals surface area contributed by atoms with Crippen LogP contribution in [0.4, 0.5) is 5.82 Å². The maximum atomic E-state index is 10.4. The summed E-state index contributed by atoms with van der Waals surface area (Å²) in [7, 11) is 0. The van der Waals surface area contributed by atoms with Crippen molar-refractivity contribution >= 4 is 21.7 Å². The third kappa shape index (κ3) is 2.49. The van der Waals surface area contributed by atoms with Gasteiger partial charge in [0.25, 0.3) is 0 Å². The molecule has 0 aliphatic rings. The summed E-state index contributed by atoms with van der Waals surface area (Å²) in [5, 5.41) is 14.1. The Kier molecular flexibility index (Phi) is 3.38. The topological polar surface area (TPSA) is 87.0 Å². The minimum absolute atomic E-state index is 0.156. The lowest BCUT2D eigenvalue weighted by Crippen LogP contribution is -2.06. The lowest BCUT2D eigenvalue weighted by Gasteiger charge is -1.91. The number of nitrogens with zero attached hydrogens (tertiary/aromatic N) is 3. The minimum atomic E-state index is -0.525. The fourth-order valence-electron chi connectivity index (χ4n) is 0.878. The van der Waals surface area contributed by atoms with Crippen LogP contribution >= 0.6 is 15.9 Å². The molecule has 0 amide bonds. The lowest BCUT2D eigenvalue weighted by atomic mass is 10.4. The van der Waals surface area contributed by atoms with Crippen molar-refractivity contribution < 1.29 is 4.92 Å². The molecule has 72 valence electrons. The van der Waals surface area contributed by atoms with E-state index in [0.717, 1.165) is 6.42 Å². The molecule has 1 heterocycles. The number of rotatable bonds is 4. The van der Waals surface area contributed by atoms with E-state index in [4.69, 9.17) is 5.73 Å². The Bertz CT molecular complexity index is 312. The van der Waals surface area contributed by atoms with E-state index in [0.29, 0.717) is 17.6 Å². The monoisotopic (exact) mass is 248 g/mol. The molecule has 6 nitrogen and oxygen atoms in total. The smallest absolute Gasteiger partial charge is 0.358 e. The van der Waals surface area contributed by atoms with Gasteiger partial charge in [0.1, 0.15) is 4.47 Å². The molecule has 0 atom stereocenters. The molecular weight excluding hydrogens is 240 g/mol. The summed E-state index contributed by atoms with van der Waals surface area (Å²) < 4.78 is 1.91. The molecular formula is C6H9BrN4O2. The van der Waals surface area contributed by atoms with E-state index in [-0.39, 0.29) is 5.82 Å². The van der Waals surface area contributed by atoms with Crippen LogP contribution in [0, 0.1) is 10.1 Å². The standard InChI is InChI=1S/C6H9BrN4O2/c7-5-4-10(3-1-2-8)9-6(5)11(12)13/h4H,1-3,8H2. The number of hydrogen-bond acceptors (Lipinski definition) is 4. The van der Waals surface area contributed by atoms with Crippen LogP contribution in [0.2, 0.25) is 0 Å². The van der Waals surface area contributed by atoms with Gasteiger partial charge in [-0.05, 0) is 33.8 Å². The highest BCUT2D eigenvalue weighted by molar-refractivity contribution is 9.10. The molecule has 2 N–H and O–H groups in total. The second-order valence-electron chi connectivity index (χ2n) is 2.46. The van der Waals surface area contributed by atoms with Crippen LogP contribution in [0.5, 0.6) is 0 Å². The molecule has 0 fully saturated rings. The van der Waals surface area contributed by atoms with Gasteiger partial charge in [-0.25, -0.2) is 0 Å². The first-order valence-corrected chi connectivity index (χ1v) is 4.52. The summed E-state index contributed by atoms with van der Waals surface area (Å²) in [5.41, 5.74) is 5.29. The van der Waals surface area contributed by atoms with Gasteiger partial charge < -0.3 is 15.8 Å². The number of aromatic nitrogens is 2. The van der Waals surface area contributed by atoms with Gasteiger partial charge >= 0.3 is 5.82 Å². The Morgan fingerprint density at radius 3 is 2.92 bits per heavy atom. The molecule has 0 bridgehead atoms. The molecule has 0 saturated heterocycles. The first-order valence-electron chi connectivity index (χ1n) is 3.72. The Labute approximate surface area is 83.0 Å². The number of hydrogen-bond donors (Lipinski definition) is 1. The summed E-state index contributed by atoms with van der Waals surface area (Å²) in [6.07, 6.45) is 2.33. The fraction of sp³-hybridized carbons (Fsp3) is 0.500. The van der Waals surface area contributed by atoms with Gasteiger partial charge in [-0.2, -0.15) is 4.68 Å². The predicted octanol–water partition coefficient (Wildman–Crippen LogP) is 0.903. The van der Waals surface area contributed by atoms with Crippen molar-refractivity contribution in [3.8, 4) is 0 Å². The van der Waals surface area contributed by atoms with E-state index in [2.05, 4.69) is 21.0 Å². The van der Waals surface area contributed by atoms with E-state index < -0.39 is 4.92 Å². The second kappa shape index (κ2) is 4.33. The fourth-order valence-corrected chi connectivity index (χ4v) is 1.34. The molecule has 0 aliphatic heterocycles. The number of halogens is 1. The van der Waals surface area contributed by atoms with Crippen molar-refractivity contribution in [1.29, 1.82) is 0 Å². The highest BCUT2D eigenvalue weighted by Crippen LogP contribution is 2.21. The zero-order valence-corrected chi connectivity index (χ0v) is 8.40. The van der Waals surface area contributed by atoms with Crippen molar-refractivity contribution in [2.45, 2.75) is 13.0 Å². The van der Waals surface area contributed by atoms with E-state index in [1.165, 1.54) is 4.68 Å². The molecule has 0 unspecified atom stereocenters. The first-order chi connectivity index (χ1) is 6.15. The van der Waals surface area contributed by atoms with Crippen LogP contribution in [-0.4, -0.2) is 21.2 Å². The molecule has 0 aromatic carbocycles. The average molecular weight is 249 g/mol. The summed E-state index contributed by atoms with van der Waals surface area (Å²) in [4.78, 5) is 9.86. The molecule has 0 saturated carbocycles. The van der Waals surface area contributed by atoms with Gasteiger partial charge in [-0.1, -0.05) is 0 Å². The summed E-state index contributed by atoms with van der Waals surface area (Å²) >= 11 is 3.05. The van der Waals surface area contributed by atoms with Gasteiger partial charge in [-0.15, -0.1) is 0 Å². The summed E-state index contributed by atoms with van der Waals surface area (Å²) in [6.45, 7) is 1.15. The van der Waals surface area contributed by atoms with Crippen molar-refractivity contribution in [3.05, 3.63) is 20.8 Å². The van der Waals surface area contributed by atoms with Crippen LogP contribution in [-0.2, 0) is 6.54 Å². The number of nitrogens with two attached hydrogens (primary N) is 1. The van der Waals surface area contributed by atoms with Crippen molar-refractivity contribution in [3.63, 3.8) is 0 Å². The maximum absolute atomic E-state index is 10.4. The van der Waals surface area contributed by atoms with Crippen molar-refractivity contribution in [2.75, 3.05) is 6.54 Å². The van der Waals surface area contributed by atoms with E-state index in [1.807, 2.05) is 0 Å². The van der Waals surface area contributed by atoms with Crippen LogP contribution in [0.1, 0.15) is 6.42 Å². The van der Waals surface area contributed by atoms with Gasteiger partial charge in [0.2, 0.25) is 0 Å². The van der Waals surface area contributed by atoms with Gasteiger partial charge in [-0.3, -0.25) is 0 Å². The van der Waals surface area contributed by atoms with E-state index in [9.17, 15) is 10.1 Å². The van der Waals surface area contributed by atoms with Crippen LogP contribution in [0.15, 0.2) is 10.7 Å². The Morgan fingerprint density at radius 2 is 2.46 bits per heavy atom. The zero-order chi connectivity index (χ0) is 9.84. The Balaban J connectivity index is 2.76. The van der Waals surface area contributed by atoms with Gasteiger partial charge in [0.05, 0.1) is 17.8 Å². The van der Waals surface area contributed by atoms with Gasteiger partial charge in [0, 0.05) is 0 Å². The summed E-state index contributed by atoms with van der Waals surface area (Å²) in [5.74, 6) is -0.156. The Morgan fingerprint density at radius 1 is 1.77 bits per heavy atom. The zero-order valence-electron chi connectivity index (χ0n) is 6.81. The molecule has 13 heavy (non-hydrogen) atoms. The Hall–Kier alpha value is -0.950. The number of aryl methyl sites for hydroxylation is 1. The van der Waals surface area contributed by atoms with Crippen LogP contribution in [0.3, 0.4) is 0 Å². The van der Waals surface area contributed by atoms with Crippen LogP contribution in [0.25, 0.3) is 0 Å². The third-order valence-corrected chi connectivity index (χ3v) is 2.02. The molecule has 0 aliphatic carbocycles. The minimum Gasteiger partial charge on any atom is -0.358 e. The normalized spacial score (nSPS) is 10.3. The molecule has 1 aromatic rings. The van der Waals surface area contributed by atoms with Crippen molar-refractivity contribution in [2.24, 2.45) is 5.73 Å². The van der Waals surface area contributed by atoms with E-state index in [1.54, 1.807) is 6.20 Å². The average Bonchev–Trinajstić information content (AvgIpc) is 2.43. The maximum Gasteiger partial charge on any atom is 0.404 e. The molecule has 1 aromatic heterocycles. The van der Waals surface area contributed by atoms with Crippen molar-refractivity contribution in [1.82, 2.24) is 9.78 Å². The predicted molar refractivity (Wildman–Crippen MR) is 50.3 cm³/mol. The van der Waals surface area contributed by atoms with Crippen LogP contribution < -0.4 is 5.73 Å². The third-order valence-electron chi connectivity index (χ3n) is 1.46. The molecule has 0 spiro atoms.